The van der Waals surface area contributed by atoms with E-state index in [-0.39, 0.29) is 24.8 Å². The van der Waals surface area contributed by atoms with Crippen molar-refractivity contribution >= 4 is 34.2 Å². The molecule has 0 aliphatic heterocycles. The first-order valence-electron chi connectivity index (χ1n) is 9.15. The average Bonchev–Trinajstić information content (AvgIpc) is 3.05. The Hall–Kier alpha value is -3.32. The van der Waals surface area contributed by atoms with Crippen LogP contribution in [0.5, 0.6) is 5.75 Å². The molecule has 7 heteroatoms. The van der Waals surface area contributed by atoms with E-state index in [1.54, 1.807) is 24.5 Å². The number of benzene rings is 2. The largest absolute Gasteiger partial charge is 0.494 e. The number of methoxy groups -OCH3 is 2. The average molecular weight is 396 g/mol. The Labute approximate surface area is 169 Å². The Kier molecular flexibility index (Phi) is 6.19. The van der Waals surface area contributed by atoms with Crippen molar-refractivity contribution in [1.82, 2.24) is 0 Å². The molecule has 0 radical (unpaired) electrons. The van der Waals surface area contributed by atoms with Crippen molar-refractivity contribution in [2.24, 2.45) is 0 Å². The summed E-state index contributed by atoms with van der Waals surface area (Å²) in [4.78, 5) is 24.3. The third kappa shape index (κ3) is 4.75. The van der Waals surface area contributed by atoms with Crippen LogP contribution >= 0.6 is 0 Å². The van der Waals surface area contributed by atoms with Crippen LogP contribution in [0.25, 0.3) is 11.0 Å². The molecule has 0 bridgehead atoms. The van der Waals surface area contributed by atoms with Gasteiger partial charge in [0.2, 0.25) is 11.8 Å². The molecule has 0 saturated carbocycles. The predicted octanol–water partition coefficient (Wildman–Crippen LogP) is 3.82. The number of hydrogen-bond donors (Lipinski definition) is 2. The number of fused-ring (bicyclic) bond motifs is 1. The predicted molar refractivity (Wildman–Crippen MR) is 112 cm³/mol. The first-order chi connectivity index (χ1) is 13.9. The molecular formula is C22H24N2O5. The molecule has 0 saturated heterocycles. The van der Waals surface area contributed by atoms with Crippen molar-refractivity contribution in [3.05, 3.63) is 53.3 Å². The molecule has 29 heavy (non-hydrogen) atoms. The highest BCUT2D eigenvalue weighted by Gasteiger charge is 2.14. The van der Waals surface area contributed by atoms with Crippen LogP contribution in [-0.2, 0) is 20.7 Å². The van der Waals surface area contributed by atoms with Gasteiger partial charge in [-0.3, -0.25) is 9.59 Å². The summed E-state index contributed by atoms with van der Waals surface area (Å²) >= 11 is 0. The van der Waals surface area contributed by atoms with Crippen LogP contribution in [0, 0.1) is 13.8 Å². The lowest BCUT2D eigenvalue weighted by atomic mass is 10.0. The Morgan fingerprint density at radius 2 is 1.83 bits per heavy atom. The second kappa shape index (κ2) is 8.79. The van der Waals surface area contributed by atoms with Crippen LogP contribution in [0.1, 0.15) is 16.7 Å². The number of aryl methyl sites for hydroxylation is 2. The van der Waals surface area contributed by atoms with Gasteiger partial charge >= 0.3 is 0 Å². The maximum Gasteiger partial charge on any atom is 0.250 e. The minimum Gasteiger partial charge on any atom is -0.494 e. The molecule has 2 aromatic carbocycles. The van der Waals surface area contributed by atoms with E-state index in [9.17, 15) is 9.59 Å². The van der Waals surface area contributed by atoms with Crippen molar-refractivity contribution in [2.45, 2.75) is 20.3 Å². The quantitative estimate of drug-likeness (QED) is 0.634. The van der Waals surface area contributed by atoms with Crippen molar-refractivity contribution in [1.29, 1.82) is 0 Å². The van der Waals surface area contributed by atoms with Gasteiger partial charge in [0.25, 0.3) is 0 Å². The molecule has 3 aromatic rings. The van der Waals surface area contributed by atoms with Crippen molar-refractivity contribution in [2.75, 3.05) is 31.5 Å². The lowest BCUT2D eigenvalue weighted by Gasteiger charge is -2.12. The highest BCUT2D eigenvalue weighted by molar-refractivity contribution is 5.97. The summed E-state index contributed by atoms with van der Waals surface area (Å²) in [6.07, 6.45) is 1.82. The molecule has 0 spiro atoms. The van der Waals surface area contributed by atoms with Crippen LogP contribution in [0.15, 0.2) is 41.0 Å². The van der Waals surface area contributed by atoms with Gasteiger partial charge in [-0.15, -0.1) is 0 Å². The summed E-state index contributed by atoms with van der Waals surface area (Å²) in [6.45, 7) is 3.96. The molecule has 1 aromatic heterocycles. The van der Waals surface area contributed by atoms with Crippen LogP contribution in [0.3, 0.4) is 0 Å². The van der Waals surface area contributed by atoms with Crippen LogP contribution in [0.2, 0.25) is 0 Å². The number of carbonyl (C=O) groups excluding carboxylic acids is 2. The Bertz CT molecular complexity index is 1050. The number of nitrogens with one attached hydrogen (secondary N) is 2. The van der Waals surface area contributed by atoms with E-state index >= 15 is 0 Å². The topological polar surface area (TPSA) is 89.8 Å². The minimum atomic E-state index is -0.292. The molecule has 152 valence electrons. The summed E-state index contributed by atoms with van der Waals surface area (Å²) in [5.41, 5.74) is 4.88. The molecule has 1 heterocycles. The molecule has 2 N–H and O–H groups in total. The van der Waals surface area contributed by atoms with Crippen molar-refractivity contribution in [3.63, 3.8) is 0 Å². The first-order valence-corrected chi connectivity index (χ1v) is 9.15. The van der Waals surface area contributed by atoms with Crippen LogP contribution in [0.4, 0.5) is 11.4 Å². The van der Waals surface area contributed by atoms with Crippen molar-refractivity contribution < 1.29 is 23.5 Å². The van der Waals surface area contributed by atoms with Gasteiger partial charge in [-0.05, 0) is 43.2 Å². The number of anilines is 2. The van der Waals surface area contributed by atoms with Gasteiger partial charge in [0.05, 0.1) is 25.5 Å². The third-order valence-corrected chi connectivity index (χ3v) is 4.48. The zero-order valence-electron chi connectivity index (χ0n) is 16.9. The van der Waals surface area contributed by atoms with E-state index in [1.807, 2.05) is 19.9 Å². The maximum absolute atomic E-state index is 12.6. The SMILES string of the molecule is COCC(=O)Nc1ccc(NC(=O)Cc2coc3cc(C)cc(C)c23)cc1OC. The molecule has 0 unspecified atom stereocenters. The minimum absolute atomic E-state index is 0.0563. The fourth-order valence-electron chi connectivity index (χ4n) is 3.32. The number of hydrogen-bond acceptors (Lipinski definition) is 5. The van der Waals surface area contributed by atoms with Crippen LogP contribution in [-0.4, -0.2) is 32.6 Å². The maximum atomic E-state index is 12.6. The summed E-state index contributed by atoms with van der Waals surface area (Å²) in [5, 5.41) is 6.53. The number of rotatable bonds is 7. The standard InChI is InChI=1S/C22H24N2O5/c1-13-7-14(2)22-15(11-29-19(22)8-13)9-20(25)23-16-5-6-17(18(10-16)28-4)24-21(26)12-27-3/h5-8,10-11H,9,12H2,1-4H3,(H,23,25)(H,24,26). The Balaban J connectivity index is 1.73. The smallest absolute Gasteiger partial charge is 0.250 e. The first kappa shape index (κ1) is 20.4. The second-order valence-corrected chi connectivity index (χ2v) is 6.84. The fourth-order valence-corrected chi connectivity index (χ4v) is 3.32. The lowest BCUT2D eigenvalue weighted by molar-refractivity contribution is -0.119. The highest BCUT2D eigenvalue weighted by atomic mass is 16.5. The summed E-state index contributed by atoms with van der Waals surface area (Å²) in [6, 6.07) is 9.06. The van der Waals surface area contributed by atoms with Gasteiger partial charge < -0.3 is 24.5 Å². The highest BCUT2D eigenvalue weighted by Crippen LogP contribution is 2.29. The molecule has 7 nitrogen and oxygen atoms in total. The normalized spacial score (nSPS) is 10.8. The third-order valence-electron chi connectivity index (χ3n) is 4.48. The van der Waals surface area contributed by atoms with E-state index in [2.05, 4.69) is 16.7 Å². The molecule has 2 amide bonds. The van der Waals surface area contributed by atoms with Gasteiger partial charge in [0.15, 0.2) is 0 Å². The zero-order valence-corrected chi connectivity index (χ0v) is 16.9. The van der Waals surface area contributed by atoms with E-state index in [4.69, 9.17) is 13.9 Å². The number of amides is 2. The molecule has 0 aliphatic carbocycles. The summed E-state index contributed by atoms with van der Waals surface area (Å²) < 4.78 is 15.7. The number of furan rings is 1. The van der Waals surface area contributed by atoms with E-state index in [0.717, 1.165) is 27.7 Å². The lowest BCUT2D eigenvalue weighted by Crippen LogP contribution is -2.18. The van der Waals surface area contributed by atoms with Crippen molar-refractivity contribution in [3.8, 4) is 5.75 Å². The van der Waals surface area contributed by atoms with E-state index in [1.165, 1.54) is 14.2 Å². The van der Waals surface area contributed by atoms with Gasteiger partial charge in [0, 0.05) is 29.8 Å². The molecule has 0 atom stereocenters. The second-order valence-electron chi connectivity index (χ2n) is 6.84. The van der Waals surface area contributed by atoms with Gasteiger partial charge in [-0.25, -0.2) is 0 Å². The van der Waals surface area contributed by atoms with Gasteiger partial charge in [-0.1, -0.05) is 6.07 Å². The summed E-state index contributed by atoms with van der Waals surface area (Å²) in [5.74, 6) is -0.0294. The molecule has 0 fully saturated rings. The monoisotopic (exact) mass is 396 g/mol. The van der Waals surface area contributed by atoms with Gasteiger partial charge in [-0.2, -0.15) is 0 Å². The van der Waals surface area contributed by atoms with E-state index < -0.39 is 0 Å². The Morgan fingerprint density at radius 1 is 1.03 bits per heavy atom. The van der Waals surface area contributed by atoms with Crippen LogP contribution < -0.4 is 15.4 Å². The summed E-state index contributed by atoms with van der Waals surface area (Å²) in [7, 11) is 2.94. The molecule has 0 aliphatic rings. The fraction of sp³-hybridized carbons (Fsp3) is 0.273. The van der Waals surface area contributed by atoms with E-state index in [0.29, 0.717) is 17.1 Å². The molecular weight excluding hydrogens is 372 g/mol. The number of carbonyl (C=O) groups is 2. The zero-order chi connectivity index (χ0) is 21.0. The number of ether oxygens (including phenoxy) is 2. The van der Waals surface area contributed by atoms with Gasteiger partial charge in [0.1, 0.15) is 17.9 Å². The molecule has 3 rings (SSSR count). The Morgan fingerprint density at radius 3 is 2.55 bits per heavy atom.